The van der Waals surface area contributed by atoms with Gasteiger partial charge in [0.2, 0.25) is 0 Å². The first-order valence-electron chi connectivity index (χ1n) is 4.28. The topological polar surface area (TPSA) is 36.7 Å². The zero-order valence-corrected chi connectivity index (χ0v) is 10.2. The fraction of sp³-hybridized carbons (Fsp3) is 0.0909. The van der Waals surface area contributed by atoms with Crippen molar-refractivity contribution >= 4 is 38.4 Å². The lowest BCUT2D eigenvalue weighted by molar-refractivity contribution is 1.33. The monoisotopic (exact) mass is 280 g/mol. The first-order valence-corrected chi connectivity index (χ1v) is 5.45. The average molecular weight is 282 g/mol. The number of benzene rings is 1. The lowest BCUT2D eigenvalue weighted by atomic mass is 10.1. The summed E-state index contributed by atoms with van der Waals surface area (Å²) in [4.78, 5) is 4.24. The van der Waals surface area contributed by atoms with Gasteiger partial charge < -0.3 is 0 Å². The molecule has 0 amide bonds. The lowest BCUT2D eigenvalue weighted by Crippen LogP contribution is -1.88. The number of hydrogen-bond acceptors (Lipinski definition) is 2. The lowest BCUT2D eigenvalue weighted by Gasteiger charge is -2.05. The third-order valence-corrected chi connectivity index (χ3v) is 3.55. The first-order chi connectivity index (χ1) is 7.15. The van der Waals surface area contributed by atoms with Crippen LogP contribution >= 0.6 is 27.5 Å². The Morgan fingerprint density at radius 3 is 2.87 bits per heavy atom. The smallest absolute Gasteiger partial charge is 0.102 e. The molecule has 0 unspecified atom stereocenters. The molecule has 74 valence electrons. The van der Waals surface area contributed by atoms with Gasteiger partial charge in [-0.3, -0.25) is 4.98 Å². The van der Waals surface area contributed by atoms with Crippen molar-refractivity contribution in [2.45, 2.75) is 6.92 Å². The third-order valence-electron chi connectivity index (χ3n) is 2.28. The van der Waals surface area contributed by atoms with E-state index in [0.717, 1.165) is 20.9 Å². The third kappa shape index (κ3) is 1.60. The molecule has 0 aliphatic carbocycles. The van der Waals surface area contributed by atoms with Crippen LogP contribution in [0.3, 0.4) is 0 Å². The first kappa shape index (κ1) is 10.4. The average Bonchev–Trinajstić information content (AvgIpc) is 2.24. The van der Waals surface area contributed by atoms with Crippen LogP contribution in [0.1, 0.15) is 11.1 Å². The number of aromatic nitrogens is 1. The summed E-state index contributed by atoms with van der Waals surface area (Å²) in [6, 6.07) is 5.79. The molecule has 1 aromatic carbocycles. The van der Waals surface area contributed by atoms with Crippen molar-refractivity contribution in [2.75, 3.05) is 0 Å². The SMILES string of the molecule is Cc1c(Br)ccc2c(Cl)c(C#N)cnc12. The van der Waals surface area contributed by atoms with Crippen molar-refractivity contribution in [3.8, 4) is 6.07 Å². The summed E-state index contributed by atoms with van der Waals surface area (Å²) >= 11 is 9.52. The number of hydrogen-bond donors (Lipinski definition) is 0. The Morgan fingerprint density at radius 1 is 1.47 bits per heavy atom. The molecule has 0 fully saturated rings. The Bertz CT molecular complexity index is 587. The van der Waals surface area contributed by atoms with Gasteiger partial charge in [-0.15, -0.1) is 0 Å². The van der Waals surface area contributed by atoms with Crippen LogP contribution in [-0.2, 0) is 0 Å². The fourth-order valence-corrected chi connectivity index (χ4v) is 1.99. The number of pyridine rings is 1. The van der Waals surface area contributed by atoms with E-state index in [-0.39, 0.29) is 0 Å². The van der Waals surface area contributed by atoms with Crippen LogP contribution in [0.15, 0.2) is 22.8 Å². The molecule has 0 aliphatic heterocycles. The Balaban J connectivity index is 2.93. The van der Waals surface area contributed by atoms with Gasteiger partial charge >= 0.3 is 0 Å². The van der Waals surface area contributed by atoms with Crippen LogP contribution in [0, 0.1) is 18.3 Å². The molecule has 0 saturated carbocycles. The molecule has 0 bridgehead atoms. The van der Waals surface area contributed by atoms with Crippen LogP contribution in [-0.4, -0.2) is 4.98 Å². The normalized spacial score (nSPS) is 10.3. The predicted molar refractivity (Wildman–Crippen MR) is 63.9 cm³/mol. The van der Waals surface area contributed by atoms with Gasteiger partial charge in [-0.25, -0.2) is 0 Å². The molecule has 2 aromatic rings. The highest BCUT2D eigenvalue weighted by molar-refractivity contribution is 9.10. The molecule has 1 heterocycles. The van der Waals surface area contributed by atoms with Gasteiger partial charge in [0.05, 0.1) is 16.1 Å². The Labute approximate surface area is 101 Å². The highest BCUT2D eigenvalue weighted by Crippen LogP contribution is 2.30. The van der Waals surface area contributed by atoms with E-state index in [0.29, 0.717) is 10.6 Å². The highest BCUT2D eigenvalue weighted by atomic mass is 79.9. The van der Waals surface area contributed by atoms with Gasteiger partial charge in [-0.1, -0.05) is 33.6 Å². The maximum atomic E-state index is 8.82. The summed E-state index contributed by atoms with van der Waals surface area (Å²) in [6.45, 7) is 1.96. The molecule has 1 aromatic heterocycles. The maximum absolute atomic E-state index is 8.82. The number of rotatable bonds is 0. The summed E-state index contributed by atoms with van der Waals surface area (Å²) in [5.41, 5.74) is 2.26. The van der Waals surface area contributed by atoms with Crippen molar-refractivity contribution in [1.29, 1.82) is 5.26 Å². The highest BCUT2D eigenvalue weighted by Gasteiger charge is 2.09. The van der Waals surface area contributed by atoms with E-state index in [1.807, 2.05) is 25.1 Å². The molecule has 0 aliphatic rings. The van der Waals surface area contributed by atoms with Crippen molar-refractivity contribution in [1.82, 2.24) is 4.98 Å². The number of halogens is 2. The molecule has 4 heteroatoms. The molecule has 0 spiro atoms. The second-order valence-corrected chi connectivity index (χ2v) is 4.40. The van der Waals surface area contributed by atoms with E-state index in [4.69, 9.17) is 16.9 Å². The summed E-state index contributed by atoms with van der Waals surface area (Å²) in [6.07, 6.45) is 1.50. The van der Waals surface area contributed by atoms with Crippen LogP contribution in [0.25, 0.3) is 10.9 Å². The van der Waals surface area contributed by atoms with Crippen molar-refractivity contribution in [2.24, 2.45) is 0 Å². The molecule has 2 nitrogen and oxygen atoms in total. The largest absolute Gasteiger partial charge is 0.254 e. The number of nitriles is 1. The fourth-order valence-electron chi connectivity index (χ4n) is 1.43. The quantitative estimate of drug-likeness (QED) is 0.736. The molecule has 2 rings (SSSR count). The summed E-state index contributed by atoms with van der Waals surface area (Å²) < 4.78 is 0.989. The van der Waals surface area contributed by atoms with Crippen LogP contribution in [0.2, 0.25) is 5.02 Å². The van der Waals surface area contributed by atoms with Crippen LogP contribution in [0.5, 0.6) is 0 Å². The predicted octanol–water partition coefficient (Wildman–Crippen LogP) is 3.83. The summed E-state index contributed by atoms with van der Waals surface area (Å²) in [5, 5.41) is 10.1. The van der Waals surface area contributed by atoms with E-state index in [9.17, 15) is 0 Å². The minimum atomic E-state index is 0.408. The molecule has 0 radical (unpaired) electrons. The molecule has 0 atom stereocenters. The maximum Gasteiger partial charge on any atom is 0.102 e. The van der Waals surface area contributed by atoms with Crippen molar-refractivity contribution < 1.29 is 0 Å². The van der Waals surface area contributed by atoms with Crippen molar-refractivity contribution in [3.05, 3.63) is 39.0 Å². The van der Waals surface area contributed by atoms with Gasteiger partial charge in [0.15, 0.2) is 0 Å². The van der Waals surface area contributed by atoms with Gasteiger partial charge in [0.25, 0.3) is 0 Å². The Hall–Kier alpha value is -1.11. The minimum Gasteiger partial charge on any atom is -0.254 e. The summed E-state index contributed by atoms with van der Waals surface area (Å²) in [7, 11) is 0. The van der Waals surface area contributed by atoms with Gasteiger partial charge in [-0.05, 0) is 18.6 Å². The van der Waals surface area contributed by atoms with E-state index in [1.54, 1.807) is 0 Å². The Kier molecular flexibility index (Phi) is 2.64. The molecule has 0 N–H and O–H groups in total. The second kappa shape index (κ2) is 3.80. The minimum absolute atomic E-state index is 0.408. The molecular formula is C11H6BrClN2. The van der Waals surface area contributed by atoms with Crippen LogP contribution in [0.4, 0.5) is 0 Å². The van der Waals surface area contributed by atoms with Crippen LogP contribution < -0.4 is 0 Å². The number of fused-ring (bicyclic) bond motifs is 1. The summed E-state index contributed by atoms with van der Waals surface area (Å²) in [5.74, 6) is 0. The second-order valence-electron chi connectivity index (χ2n) is 3.17. The standard InChI is InChI=1S/C11H6BrClN2/c1-6-9(12)3-2-8-10(13)7(4-14)5-15-11(6)8/h2-3,5H,1H3. The van der Waals surface area contributed by atoms with Gasteiger partial charge in [0, 0.05) is 16.1 Å². The molecule has 15 heavy (non-hydrogen) atoms. The number of aryl methyl sites for hydroxylation is 1. The van der Waals surface area contributed by atoms with E-state index in [1.165, 1.54) is 6.20 Å². The van der Waals surface area contributed by atoms with Crippen molar-refractivity contribution in [3.63, 3.8) is 0 Å². The Morgan fingerprint density at radius 2 is 2.20 bits per heavy atom. The zero-order valence-electron chi connectivity index (χ0n) is 7.88. The zero-order chi connectivity index (χ0) is 11.0. The van der Waals surface area contributed by atoms with E-state index in [2.05, 4.69) is 20.9 Å². The van der Waals surface area contributed by atoms with E-state index < -0.39 is 0 Å². The molecular weight excluding hydrogens is 275 g/mol. The number of nitrogens with zero attached hydrogens (tertiary/aromatic N) is 2. The van der Waals surface area contributed by atoms with E-state index >= 15 is 0 Å². The van der Waals surface area contributed by atoms with Gasteiger partial charge in [-0.2, -0.15) is 5.26 Å². The molecule has 0 saturated heterocycles. The van der Waals surface area contributed by atoms with Gasteiger partial charge in [0.1, 0.15) is 6.07 Å².